The van der Waals surface area contributed by atoms with Gasteiger partial charge in [0.15, 0.2) is 4.77 Å². The number of nitrogens with one attached hydrogen (secondary N) is 2. The average molecular weight is 304 g/mol. The van der Waals surface area contributed by atoms with Crippen LogP contribution >= 0.6 is 12.2 Å². The fraction of sp³-hybridized carbons (Fsp3) is 0.214. The predicted molar refractivity (Wildman–Crippen MR) is 82.9 cm³/mol. The molecule has 0 unspecified atom stereocenters. The predicted octanol–water partition coefficient (Wildman–Crippen LogP) is 2.32. The van der Waals surface area contributed by atoms with Crippen molar-refractivity contribution in [2.75, 3.05) is 12.4 Å². The number of nitrogens with zero attached hydrogens (tertiary/aromatic N) is 2. The van der Waals surface area contributed by atoms with E-state index in [4.69, 9.17) is 17.0 Å². The number of hydrogen-bond donors (Lipinski definition) is 2. The molecule has 2 aromatic rings. The first-order chi connectivity index (χ1) is 10.2. The molecule has 0 bridgehead atoms. The maximum Gasteiger partial charge on any atom is 0.232 e. The van der Waals surface area contributed by atoms with E-state index < -0.39 is 0 Å². The Bertz CT molecular complexity index is 705. The van der Waals surface area contributed by atoms with Gasteiger partial charge in [-0.1, -0.05) is 18.2 Å². The van der Waals surface area contributed by atoms with Crippen LogP contribution in [0.3, 0.4) is 0 Å². The van der Waals surface area contributed by atoms with Crippen LogP contribution in [-0.2, 0) is 17.8 Å². The second kappa shape index (κ2) is 6.85. The van der Waals surface area contributed by atoms with Crippen LogP contribution in [0.15, 0.2) is 36.9 Å². The molecule has 2 N–H and O–H groups in total. The summed E-state index contributed by atoms with van der Waals surface area (Å²) < 4.78 is 7.39. The fourth-order valence-electron chi connectivity index (χ4n) is 1.89. The maximum atomic E-state index is 12.1. The van der Waals surface area contributed by atoms with Crippen LogP contribution in [0.5, 0.6) is 5.75 Å². The minimum Gasteiger partial charge on any atom is -0.495 e. The van der Waals surface area contributed by atoms with Crippen molar-refractivity contribution in [3.05, 3.63) is 47.5 Å². The Balaban J connectivity index is 2.12. The van der Waals surface area contributed by atoms with E-state index in [9.17, 15) is 4.79 Å². The third-order valence-corrected chi connectivity index (χ3v) is 3.16. The highest BCUT2D eigenvalue weighted by atomic mass is 32.1. The smallest absolute Gasteiger partial charge is 0.232 e. The summed E-state index contributed by atoms with van der Waals surface area (Å²) >= 11 is 5.11. The summed E-state index contributed by atoms with van der Waals surface area (Å²) in [5, 5.41) is 9.54. The van der Waals surface area contributed by atoms with Crippen LogP contribution in [0.25, 0.3) is 0 Å². The molecule has 7 heteroatoms. The van der Waals surface area contributed by atoms with E-state index >= 15 is 0 Å². The fourth-order valence-corrected chi connectivity index (χ4v) is 2.11. The lowest BCUT2D eigenvalue weighted by Gasteiger charge is -2.09. The Kier molecular flexibility index (Phi) is 4.89. The Labute approximate surface area is 127 Å². The number of H-pyrrole nitrogens is 1. The van der Waals surface area contributed by atoms with Crippen LogP contribution in [0.4, 0.5) is 5.69 Å². The van der Waals surface area contributed by atoms with Crippen molar-refractivity contribution in [2.45, 2.75) is 13.0 Å². The molecule has 1 aromatic heterocycles. The number of para-hydroxylation sites is 2. The molecule has 0 aliphatic rings. The van der Waals surface area contributed by atoms with E-state index in [-0.39, 0.29) is 12.3 Å². The van der Waals surface area contributed by atoms with E-state index in [0.29, 0.717) is 28.6 Å². The first kappa shape index (κ1) is 15.0. The van der Waals surface area contributed by atoms with Gasteiger partial charge in [-0.3, -0.25) is 14.5 Å². The maximum absolute atomic E-state index is 12.1. The molecule has 0 radical (unpaired) electrons. The van der Waals surface area contributed by atoms with Gasteiger partial charge in [0, 0.05) is 6.54 Å². The van der Waals surface area contributed by atoms with Gasteiger partial charge in [0.1, 0.15) is 11.6 Å². The topological polar surface area (TPSA) is 71.9 Å². The van der Waals surface area contributed by atoms with Crippen LogP contribution in [0.1, 0.15) is 5.82 Å². The van der Waals surface area contributed by atoms with Gasteiger partial charge in [0.25, 0.3) is 0 Å². The molecule has 1 amide bonds. The molecule has 0 spiro atoms. The first-order valence-electron chi connectivity index (χ1n) is 6.33. The third kappa shape index (κ3) is 3.57. The van der Waals surface area contributed by atoms with Crippen LogP contribution in [0.2, 0.25) is 0 Å². The Morgan fingerprint density at radius 2 is 2.33 bits per heavy atom. The molecule has 6 nitrogen and oxygen atoms in total. The van der Waals surface area contributed by atoms with Gasteiger partial charge in [0.05, 0.1) is 19.2 Å². The second-order valence-electron chi connectivity index (χ2n) is 4.27. The minimum absolute atomic E-state index is 0.110. The van der Waals surface area contributed by atoms with Crippen molar-refractivity contribution in [3.63, 3.8) is 0 Å². The lowest BCUT2D eigenvalue weighted by atomic mass is 10.2. The summed E-state index contributed by atoms with van der Waals surface area (Å²) in [6.45, 7) is 4.17. The summed E-state index contributed by atoms with van der Waals surface area (Å²) in [4.78, 5) is 12.1. The average Bonchev–Trinajstić information content (AvgIpc) is 2.81. The van der Waals surface area contributed by atoms with E-state index in [1.54, 1.807) is 29.9 Å². The van der Waals surface area contributed by atoms with Crippen molar-refractivity contribution in [1.29, 1.82) is 0 Å². The van der Waals surface area contributed by atoms with Gasteiger partial charge < -0.3 is 10.1 Å². The molecule has 1 heterocycles. The highest BCUT2D eigenvalue weighted by Crippen LogP contribution is 2.23. The summed E-state index contributed by atoms with van der Waals surface area (Å²) in [5.74, 6) is 0.974. The third-order valence-electron chi connectivity index (χ3n) is 2.85. The van der Waals surface area contributed by atoms with Crippen molar-refractivity contribution >= 4 is 23.8 Å². The number of ether oxygens (including phenoxy) is 1. The molecule has 0 aliphatic heterocycles. The highest BCUT2D eigenvalue weighted by Gasteiger charge is 2.12. The first-order valence-corrected chi connectivity index (χ1v) is 6.74. The summed E-state index contributed by atoms with van der Waals surface area (Å²) in [6.07, 6.45) is 1.81. The standard InChI is InChI=1S/C14H16N4O2S/c1-3-8-18-12(16-17-14(18)21)9-13(19)15-10-6-4-5-7-11(10)20-2/h3-7H,1,8-9H2,2H3,(H,15,19)(H,17,21). The lowest BCUT2D eigenvalue weighted by molar-refractivity contribution is -0.115. The number of carbonyl (C=O) groups excluding carboxylic acids is 1. The molecular weight excluding hydrogens is 288 g/mol. The minimum atomic E-state index is -0.196. The van der Waals surface area contributed by atoms with Gasteiger partial charge in [-0.2, -0.15) is 5.10 Å². The van der Waals surface area contributed by atoms with Gasteiger partial charge in [-0.05, 0) is 24.4 Å². The van der Waals surface area contributed by atoms with Crippen molar-refractivity contribution < 1.29 is 9.53 Å². The quantitative estimate of drug-likeness (QED) is 0.634. The number of anilines is 1. The Hall–Kier alpha value is -2.41. The number of hydrogen-bond acceptors (Lipinski definition) is 4. The number of methoxy groups -OCH3 is 1. The van der Waals surface area contributed by atoms with E-state index in [1.807, 2.05) is 12.1 Å². The SMILES string of the molecule is C=CCn1c(CC(=O)Nc2ccccc2OC)n[nH]c1=S. The number of aromatic amines is 1. The molecule has 0 fully saturated rings. The molecule has 0 saturated heterocycles. The highest BCUT2D eigenvalue weighted by molar-refractivity contribution is 7.71. The number of aromatic nitrogens is 3. The molecule has 110 valence electrons. The summed E-state index contributed by atoms with van der Waals surface area (Å²) in [5.41, 5.74) is 0.620. The van der Waals surface area contributed by atoms with Gasteiger partial charge in [-0.15, -0.1) is 6.58 Å². The van der Waals surface area contributed by atoms with Crippen molar-refractivity contribution in [2.24, 2.45) is 0 Å². The Morgan fingerprint density at radius 3 is 3.05 bits per heavy atom. The van der Waals surface area contributed by atoms with Gasteiger partial charge >= 0.3 is 0 Å². The number of benzene rings is 1. The van der Waals surface area contributed by atoms with Crippen LogP contribution < -0.4 is 10.1 Å². The zero-order valence-corrected chi connectivity index (χ0v) is 12.4. The van der Waals surface area contributed by atoms with Crippen LogP contribution in [-0.4, -0.2) is 27.8 Å². The van der Waals surface area contributed by atoms with E-state index in [0.717, 1.165) is 0 Å². The molecule has 21 heavy (non-hydrogen) atoms. The summed E-state index contributed by atoms with van der Waals surface area (Å²) in [7, 11) is 1.56. The number of carbonyl (C=O) groups is 1. The molecule has 0 saturated carbocycles. The number of rotatable bonds is 6. The largest absolute Gasteiger partial charge is 0.495 e. The molecule has 2 rings (SSSR count). The normalized spacial score (nSPS) is 10.1. The van der Waals surface area contributed by atoms with Gasteiger partial charge in [-0.25, -0.2) is 0 Å². The second-order valence-corrected chi connectivity index (χ2v) is 4.66. The zero-order chi connectivity index (χ0) is 15.2. The summed E-state index contributed by atoms with van der Waals surface area (Å²) in [6, 6.07) is 7.22. The molecule has 0 atom stereocenters. The lowest BCUT2D eigenvalue weighted by Crippen LogP contribution is -2.18. The number of amides is 1. The van der Waals surface area contributed by atoms with E-state index in [1.165, 1.54) is 0 Å². The van der Waals surface area contributed by atoms with Crippen molar-refractivity contribution in [1.82, 2.24) is 14.8 Å². The van der Waals surface area contributed by atoms with Gasteiger partial charge in [0.2, 0.25) is 5.91 Å². The van der Waals surface area contributed by atoms with E-state index in [2.05, 4.69) is 22.1 Å². The molecular formula is C14H16N4O2S. The van der Waals surface area contributed by atoms with Crippen molar-refractivity contribution in [3.8, 4) is 5.75 Å². The molecule has 1 aromatic carbocycles. The Morgan fingerprint density at radius 1 is 1.57 bits per heavy atom. The zero-order valence-electron chi connectivity index (χ0n) is 11.6. The van der Waals surface area contributed by atoms with Crippen LogP contribution in [0, 0.1) is 4.77 Å². The number of allylic oxidation sites excluding steroid dienone is 1. The molecule has 0 aliphatic carbocycles. The monoisotopic (exact) mass is 304 g/mol.